The highest BCUT2D eigenvalue weighted by Gasteiger charge is 2.11. The van der Waals surface area contributed by atoms with Crippen LogP contribution in [0.4, 0.5) is 10.1 Å². The average Bonchev–Trinajstić information content (AvgIpc) is 2.32. The first-order chi connectivity index (χ1) is 8.50. The molecule has 0 saturated heterocycles. The normalized spacial score (nSPS) is 10.3. The summed E-state index contributed by atoms with van der Waals surface area (Å²) in [5, 5.41) is 8.87. The van der Waals surface area contributed by atoms with E-state index in [1.807, 2.05) is 0 Å². The maximum atomic E-state index is 13.9. The van der Waals surface area contributed by atoms with Crippen LogP contribution < -0.4 is 5.73 Å². The monoisotopic (exact) mass is 245 g/mol. The molecule has 0 amide bonds. The predicted molar refractivity (Wildman–Crippen MR) is 67.9 cm³/mol. The Bertz CT molecular complexity index is 623. The molecular formula is C14H12FNO2. The molecule has 0 aliphatic carbocycles. The van der Waals surface area contributed by atoms with Crippen LogP contribution in [0.2, 0.25) is 0 Å². The van der Waals surface area contributed by atoms with Gasteiger partial charge >= 0.3 is 5.97 Å². The van der Waals surface area contributed by atoms with Gasteiger partial charge in [0.2, 0.25) is 0 Å². The zero-order valence-electron chi connectivity index (χ0n) is 9.77. The lowest BCUT2D eigenvalue weighted by Gasteiger charge is -2.08. The summed E-state index contributed by atoms with van der Waals surface area (Å²) < 4.78 is 13.9. The lowest BCUT2D eigenvalue weighted by Crippen LogP contribution is -2.02. The Morgan fingerprint density at radius 3 is 2.61 bits per heavy atom. The van der Waals surface area contributed by atoms with Crippen molar-refractivity contribution >= 4 is 11.7 Å². The molecule has 0 fully saturated rings. The van der Waals surface area contributed by atoms with Crippen LogP contribution in [0.5, 0.6) is 0 Å². The summed E-state index contributed by atoms with van der Waals surface area (Å²) in [5.74, 6) is -1.41. The summed E-state index contributed by atoms with van der Waals surface area (Å²) in [6.07, 6.45) is 0. The number of hydrogen-bond donors (Lipinski definition) is 2. The Kier molecular flexibility index (Phi) is 3.02. The van der Waals surface area contributed by atoms with Crippen LogP contribution in [-0.4, -0.2) is 11.1 Å². The highest BCUT2D eigenvalue weighted by molar-refractivity contribution is 5.94. The number of benzene rings is 2. The lowest BCUT2D eigenvalue weighted by atomic mass is 10.00. The van der Waals surface area contributed by atoms with Gasteiger partial charge < -0.3 is 10.8 Å². The molecule has 0 aliphatic rings. The second-order valence-electron chi connectivity index (χ2n) is 4.04. The van der Waals surface area contributed by atoms with Crippen LogP contribution in [-0.2, 0) is 0 Å². The van der Waals surface area contributed by atoms with Gasteiger partial charge in [0.05, 0.1) is 5.56 Å². The summed E-state index contributed by atoms with van der Waals surface area (Å²) in [7, 11) is 0. The molecule has 0 saturated carbocycles. The minimum Gasteiger partial charge on any atom is -0.478 e. The summed E-state index contributed by atoms with van der Waals surface area (Å²) in [6, 6.07) is 9.47. The molecule has 0 aliphatic heterocycles. The molecule has 4 heteroatoms. The zero-order chi connectivity index (χ0) is 13.3. The molecule has 0 bridgehead atoms. The van der Waals surface area contributed by atoms with E-state index >= 15 is 0 Å². The van der Waals surface area contributed by atoms with Crippen LogP contribution >= 0.6 is 0 Å². The van der Waals surface area contributed by atoms with Gasteiger partial charge in [-0.1, -0.05) is 24.3 Å². The Balaban J connectivity index is 2.56. The fourth-order valence-electron chi connectivity index (χ4n) is 1.80. The van der Waals surface area contributed by atoms with Crippen LogP contribution in [0.1, 0.15) is 15.9 Å². The molecular weight excluding hydrogens is 233 g/mol. The molecule has 18 heavy (non-hydrogen) atoms. The largest absolute Gasteiger partial charge is 0.478 e. The number of carboxylic acid groups (broad SMARTS) is 1. The zero-order valence-corrected chi connectivity index (χ0v) is 9.77. The molecule has 0 atom stereocenters. The number of carboxylic acids is 1. The van der Waals surface area contributed by atoms with Gasteiger partial charge in [-0.05, 0) is 30.2 Å². The van der Waals surface area contributed by atoms with Gasteiger partial charge in [-0.3, -0.25) is 0 Å². The van der Waals surface area contributed by atoms with Crippen molar-refractivity contribution in [2.24, 2.45) is 0 Å². The Morgan fingerprint density at radius 1 is 1.28 bits per heavy atom. The van der Waals surface area contributed by atoms with Crippen LogP contribution in [0, 0.1) is 12.7 Å². The standard InChI is InChI=1S/C14H12FNO2/c1-8-3-2-4-10(13(8)15)9-5-6-11(14(17)18)12(16)7-9/h2-7H,16H2,1H3,(H,17,18). The third-order valence-electron chi connectivity index (χ3n) is 2.78. The fraction of sp³-hybridized carbons (Fsp3) is 0.0714. The van der Waals surface area contributed by atoms with E-state index in [4.69, 9.17) is 10.8 Å². The Labute approximate surface area is 104 Å². The maximum Gasteiger partial charge on any atom is 0.337 e. The number of anilines is 1. The molecule has 0 radical (unpaired) electrons. The quantitative estimate of drug-likeness (QED) is 0.799. The summed E-state index contributed by atoms with van der Waals surface area (Å²) >= 11 is 0. The summed E-state index contributed by atoms with van der Waals surface area (Å²) in [4.78, 5) is 10.8. The van der Waals surface area contributed by atoms with Crippen molar-refractivity contribution in [3.8, 4) is 11.1 Å². The van der Waals surface area contributed by atoms with Crippen LogP contribution in [0.25, 0.3) is 11.1 Å². The first-order valence-electron chi connectivity index (χ1n) is 5.39. The van der Waals surface area contributed by atoms with E-state index in [1.165, 1.54) is 12.1 Å². The third kappa shape index (κ3) is 2.05. The van der Waals surface area contributed by atoms with Crippen molar-refractivity contribution < 1.29 is 14.3 Å². The number of rotatable bonds is 2. The molecule has 0 spiro atoms. The maximum absolute atomic E-state index is 13.9. The first-order valence-corrected chi connectivity index (χ1v) is 5.39. The topological polar surface area (TPSA) is 63.3 Å². The predicted octanol–water partition coefficient (Wildman–Crippen LogP) is 3.08. The first kappa shape index (κ1) is 12.1. The van der Waals surface area contributed by atoms with Crippen molar-refractivity contribution in [1.82, 2.24) is 0 Å². The van der Waals surface area contributed by atoms with Gasteiger partial charge in [-0.25, -0.2) is 9.18 Å². The average molecular weight is 245 g/mol. The van der Waals surface area contributed by atoms with E-state index in [9.17, 15) is 9.18 Å². The number of halogens is 1. The van der Waals surface area contributed by atoms with Crippen molar-refractivity contribution in [3.05, 3.63) is 53.3 Å². The van der Waals surface area contributed by atoms with Gasteiger partial charge in [0.1, 0.15) is 5.82 Å². The third-order valence-corrected chi connectivity index (χ3v) is 2.78. The molecule has 0 aromatic heterocycles. The molecule has 3 N–H and O–H groups in total. The van der Waals surface area contributed by atoms with Crippen molar-refractivity contribution in [2.45, 2.75) is 6.92 Å². The lowest BCUT2D eigenvalue weighted by molar-refractivity contribution is 0.0698. The molecule has 2 rings (SSSR count). The van der Waals surface area contributed by atoms with Crippen molar-refractivity contribution in [3.63, 3.8) is 0 Å². The number of nitrogen functional groups attached to an aromatic ring is 1. The molecule has 3 nitrogen and oxygen atoms in total. The highest BCUT2D eigenvalue weighted by atomic mass is 19.1. The van der Waals surface area contributed by atoms with Gasteiger partial charge in [-0.2, -0.15) is 0 Å². The number of aryl methyl sites for hydroxylation is 1. The Hall–Kier alpha value is -2.36. The molecule has 2 aromatic carbocycles. The number of carbonyl (C=O) groups is 1. The summed E-state index contributed by atoms with van der Waals surface area (Å²) in [5.41, 5.74) is 7.31. The van der Waals surface area contributed by atoms with E-state index < -0.39 is 5.97 Å². The van der Waals surface area contributed by atoms with Crippen molar-refractivity contribution in [1.29, 1.82) is 0 Å². The minimum absolute atomic E-state index is 0.0202. The molecule has 2 aromatic rings. The highest BCUT2D eigenvalue weighted by Crippen LogP contribution is 2.27. The number of nitrogens with two attached hydrogens (primary N) is 1. The number of hydrogen-bond acceptors (Lipinski definition) is 2. The number of aromatic carboxylic acids is 1. The van der Waals surface area contributed by atoms with Gasteiger partial charge in [-0.15, -0.1) is 0 Å². The smallest absolute Gasteiger partial charge is 0.337 e. The van der Waals surface area contributed by atoms with E-state index in [1.54, 1.807) is 31.2 Å². The molecule has 0 unspecified atom stereocenters. The Morgan fingerprint density at radius 2 is 2.00 bits per heavy atom. The molecule has 0 heterocycles. The van der Waals surface area contributed by atoms with Gasteiger partial charge in [0, 0.05) is 11.3 Å². The van der Waals surface area contributed by atoms with Crippen LogP contribution in [0.3, 0.4) is 0 Å². The van der Waals surface area contributed by atoms with E-state index in [-0.39, 0.29) is 17.1 Å². The van der Waals surface area contributed by atoms with Gasteiger partial charge in [0.25, 0.3) is 0 Å². The SMILES string of the molecule is Cc1cccc(-c2ccc(C(=O)O)c(N)c2)c1F. The minimum atomic E-state index is -1.09. The van der Waals surface area contributed by atoms with Crippen LogP contribution in [0.15, 0.2) is 36.4 Å². The van der Waals surface area contributed by atoms with E-state index in [2.05, 4.69) is 0 Å². The van der Waals surface area contributed by atoms with Crippen molar-refractivity contribution in [2.75, 3.05) is 5.73 Å². The summed E-state index contributed by atoms with van der Waals surface area (Å²) in [6.45, 7) is 1.67. The van der Waals surface area contributed by atoms with E-state index in [0.29, 0.717) is 16.7 Å². The fourth-order valence-corrected chi connectivity index (χ4v) is 1.80. The molecule has 92 valence electrons. The second-order valence-corrected chi connectivity index (χ2v) is 4.04. The van der Waals surface area contributed by atoms with E-state index in [0.717, 1.165) is 0 Å². The second kappa shape index (κ2) is 4.49. The van der Waals surface area contributed by atoms with Gasteiger partial charge in [0.15, 0.2) is 0 Å².